The Labute approximate surface area is 126 Å². The van der Waals surface area contributed by atoms with Gasteiger partial charge in [-0.1, -0.05) is 52.9 Å². The summed E-state index contributed by atoms with van der Waals surface area (Å²) >= 11 is 0. The highest BCUT2D eigenvalue weighted by Gasteiger charge is 2.28. The van der Waals surface area contributed by atoms with Gasteiger partial charge in [0.2, 0.25) is 0 Å². The topological polar surface area (TPSA) is 35.5 Å². The van der Waals surface area contributed by atoms with E-state index in [1.54, 1.807) is 0 Å². The van der Waals surface area contributed by atoms with Gasteiger partial charge in [0, 0.05) is 0 Å². The van der Waals surface area contributed by atoms with Gasteiger partial charge >= 0.3 is 7.60 Å². The monoisotopic (exact) mass is 306 g/mol. The molecule has 0 aromatic carbocycles. The van der Waals surface area contributed by atoms with Crippen LogP contribution in [0.15, 0.2) is 0 Å². The third kappa shape index (κ3) is 9.96. The van der Waals surface area contributed by atoms with Crippen molar-refractivity contribution in [3.8, 4) is 0 Å². The van der Waals surface area contributed by atoms with Gasteiger partial charge in [-0.05, 0) is 33.1 Å². The minimum Gasteiger partial charge on any atom is -0.306 e. The molecule has 0 aromatic rings. The quantitative estimate of drug-likeness (QED) is 0.301. The molecular formula is C16H35O3P. The van der Waals surface area contributed by atoms with Gasteiger partial charge in [0.25, 0.3) is 0 Å². The smallest absolute Gasteiger partial charge is 0.306 e. The Hall–Kier alpha value is 0.150. The third-order valence-corrected chi connectivity index (χ3v) is 5.84. The molecular weight excluding hydrogens is 271 g/mol. The zero-order valence-corrected chi connectivity index (χ0v) is 15.1. The fourth-order valence-corrected chi connectivity index (χ4v) is 4.18. The first-order chi connectivity index (χ1) is 9.47. The van der Waals surface area contributed by atoms with Crippen LogP contribution in [0.5, 0.6) is 0 Å². The van der Waals surface area contributed by atoms with Gasteiger partial charge in [0.15, 0.2) is 0 Å². The Morgan fingerprint density at radius 1 is 0.800 bits per heavy atom. The standard InChI is InChI=1S/C16H35O3P/c1-6-9-10-11-12-13-14-20(17,18-15(4)7-2)19-16(5)8-3/h15-16H,6-14H2,1-5H3. The molecule has 0 aliphatic heterocycles. The normalized spacial score (nSPS) is 17.6. The molecule has 3 nitrogen and oxygen atoms in total. The zero-order valence-electron chi connectivity index (χ0n) is 14.2. The third-order valence-electron chi connectivity index (χ3n) is 3.62. The molecule has 2 atom stereocenters. The predicted octanol–water partition coefficient (Wildman–Crippen LogP) is 6.17. The highest BCUT2D eigenvalue weighted by atomic mass is 31.2. The second kappa shape index (κ2) is 11.8. The molecule has 20 heavy (non-hydrogen) atoms. The van der Waals surface area contributed by atoms with Crippen LogP contribution in [-0.4, -0.2) is 18.4 Å². The molecule has 0 radical (unpaired) electrons. The van der Waals surface area contributed by atoms with E-state index in [0.29, 0.717) is 6.16 Å². The maximum atomic E-state index is 12.8. The van der Waals surface area contributed by atoms with Crippen LogP contribution in [0, 0.1) is 0 Å². The van der Waals surface area contributed by atoms with Crippen molar-refractivity contribution < 1.29 is 13.6 Å². The van der Waals surface area contributed by atoms with E-state index < -0.39 is 7.60 Å². The maximum absolute atomic E-state index is 12.8. The molecule has 0 heterocycles. The van der Waals surface area contributed by atoms with Crippen molar-refractivity contribution in [3.05, 3.63) is 0 Å². The lowest BCUT2D eigenvalue weighted by Gasteiger charge is -2.24. The van der Waals surface area contributed by atoms with E-state index in [-0.39, 0.29) is 12.2 Å². The van der Waals surface area contributed by atoms with Crippen LogP contribution in [0.2, 0.25) is 0 Å². The van der Waals surface area contributed by atoms with Crippen molar-refractivity contribution in [1.29, 1.82) is 0 Å². The fourth-order valence-electron chi connectivity index (χ4n) is 1.91. The second-order valence-electron chi connectivity index (χ2n) is 5.75. The van der Waals surface area contributed by atoms with E-state index in [9.17, 15) is 4.57 Å². The molecule has 0 N–H and O–H groups in total. The summed E-state index contributed by atoms with van der Waals surface area (Å²) in [6, 6.07) is 0. The number of hydrogen-bond donors (Lipinski definition) is 0. The van der Waals surface area contributed by atoms with Crippen LogP contribution in [0.3, 0.4) is 0 Å². The molecule has 0 amide bonds. The minimum atomic E-state index is -2.92. The summed E-state index contributed by atoms with van der Waals surface area (Å²) in [7, 11) is -2.92. The molecule has 0 saturated carbocycles. The van der Waals surface area contributed by atoms with E-state index in [1.165, 1.54) is 25.7 Å². The van der Waals surface area contributed by atoms with E-state index in [4.69, 9.17) is 9.05 Å². The Morgan fingerprint density at radius 3 is 1.70 bits per heavy atom. The Bertz CT molecular complexity index is 252. The molecule has 0 fully saturated rings. The second-order valence-corrected chi connectivity index (χ2v) is 7.84. The molecule has 0 saturated heterocycles. The summed E-state index contributed by atoms with van der Waals surface area (Å²) in [5.41, 5.74) is 0. The molecule has 0 aromatic heterocycles. The lowest BCUT2D eigenvalue weighted by atomic mass is 10.1. The van der Waals surface area contributed by atoms with Crippen LogP contribution in [0.25, 0.3) is 0 Å². The van der Waals surface area contributed by atoms with Crippen molar-refractivity contribution in [3.63, 3.8) is 0 Å². The lowest BCUT2D eigenvalue weighted by molar-refractivity contribution is 0.123. The van der Waals surface area contributed by atoms with Crippen molar-refractivity contribution in [1.82, 2.24) is 0 Å². The molecule has 122 valence electrons. The molecule has 2 unspecified atom stereocenters. The average Bonchev–Trinajstić information content (AvgIpc) is 2.42. The molecule has 0 spiro atoms. The van der Waals surface area contributed by atoms with Gasteiger partial charge in [-0.3, -0.25) is 4.57 Å². The first-order valence-electron chi connectivity index (χ1n) is 8.43. The van der Waals surface area contributed by atoms with Crippen LogP contribution in [0.1, 0.15) is 86.0 Å². The Balaban J connectivity index is 4.20. The van der Waals surface area contributed by atoms with Crippen molar-refractivity contribution in [2.24, 2.45) is 0 Å². The zero-order chi connectivity index (χ0) is 15.4. The van der Waals surface area contributed by atoms with Crippen molar-refractivity contribution in [2.75, 3.05) is 6.16 Å². The summed E-state index contributed by atoms with van der Waals surface area (Å²) in [6.45, 7) is 10.2. The highest BCUT2D eigenvalue weighted by molar-refractivity contribution is 7.53. The lowest BCUT2D eigenvalue weighted by Crippen LogP contribution is -2.13. The van der Waals surface area contributed by atoms with E-state index in [1.807, 2.05) is 27.7 Å². The van der Waals surface area contributed by atoms with Gasteiger partial charge in [-0.15, -0.1) is 0 Å². The molecule has 0 aliphatic carbocycles. The number of unbranched alkanes of at least 4 members (excludes halogenated alkanes) is 5. The van der Waals surface area contributed by atoms with E-state index >= 15 is 0 Å². The first kappa shape index (κ1) is 20.1. The number of hydrogen-bond acceptors (Lipinski definition) is 3. The van der Waals surface area contributed by atoms with E-state index in [0.717, 1.165) is 25.7 Å². The van der Waals surface area contributed by atoms with E-state index in [2.05, 4.69) is 6.92 Å². The maximum Gasteiger partial charge on any atom is 0.331 e. The Kier molecular flexibility index (Phi) is 11.9. The summed E-state index contributed by atoms with van der Waals surface area (Å²) in [4.78, 5) is 0. The van der Waals surface area contributed by atoms with Crippen LogP contribution < -0.4 is 0 Å². The van der Waals surface area contributed by atoms with Gasteiger partial charge in [0.05, 0.1) is 18.4 Å². The summed E-state index contributed by atoms with van der Waals surface area (Å²) in [6.07, 6.45) is 9.42. The fraction of sp³-hybridized carbons (Fsp3) is 1.00. The van der Waals surface area contributed by atoms with Crippen LogP contribution >= 0.6 is 7.60 Å². The average molecular weight is 306 g/mol. The van der Waals surface area contributed by atoms with Gasteiger partial charge in [-0.2, -0.15) is 0 Å². The number of rotatable bonds is 13. The van der Waals surface area contributed by atoms with Crippen LogP contribution in [-0.2, 0) is 13.6 Å². The predicted molar refractivity (Wildman–Crippen MR) is 87.5 cm³/mol. The SMILES string of the molecule is CCCCCCCCP(=O)(OC(C)CC)OC(C)CC. The molecule has 4 heteroatoms. The van der Waals surface area contributed by atoms with Crippen molar-refractivity contribution >= 4 is 7.60 Å². The summed E-state index contributed by atoms with van der Waals surface area (Å²) in [5.74, 6) is 0. The molecule has 0 bridgehead atoms. The first-order valence-corrected chi connectivity index (χ1v) is 10.2. The van der Waals surface area contributed by atoms with Gasteiger partial charge in [-0.25, -0.2) is 0 Å². The molecule has 0 rings (SSSR count). The minimum absolute atomic E-state index is 0.00461. The highest BCUT2D eigenvalue weighted by Crippen LogP contribution is 2.51. The largest absolute Gasteiger partial charge is 0.331 e. The Morgan fingerprint density at radius 2 is 1.25 bits per heavy atom. The van der Waals surface area contributed by atoms with Crippen molar-refractivity contribution in [2.45, 2.75) is 98.2 Å². The van der Waals surface area contributed by atoms with Gasteiger partial charge in [0.1, 0.15) is 0 Å². The van der Waals surface area contributed by atoms with Gasteiger partial charge < -0.3 is 9.05 Å². The van der Waals surface area contributed by atoms with Crippen LogP contribution in [0.4, 0.5) is 0 Å². The summed E-state index contributed by atoms with van der Waals surface area (Å²) in [5, 5.41) is 0. The summed E-state index contributed by atoms with van der Waals surface area (Å²) < 4.78 is 24.2. The molecule has 0 aliphatic rings.